The first-order valence-corrected chi connectivity index (χ1v) is 7.25. The molecular formula is C16H21NO2. The lowest BCUT2D eigenvalue weighted by molar-refractivity contribution is -0.146. The molecular weight excluding hydrogens is 238 g/mol. The van der Waals surface area contributed by atoms with E-state index in [0.717, 1.165) is 37.5 Å². The first-order valence-electron chi connectivity index (χ1n) is 7.25. The van der Waals surface area contributed by atoms with Gasteiger partial charge in [0.25, 0.3) is 0 Å². The third kappa shape index (κ3) is 2.16. The molecule has 2 fully saturated rings. The monoisotopic (exact) mass is 259 g/mol. The molecule has 1 aromatic carbocycles. The number of rotatable bonds is 3. The van der Waals surface area contributed by atoms with Crippen molar-refractivity contribution in [3.8, 4) is 0 Å². The van der Waals surface area contributed by atoms with Gasteiger partial charge in [0.05, 0.1) is 5.41 Å². The van der Waals surface area contributed by atoms with Gasteiger partial charge >= 0.3 is 5.97 Å². The van der Waals surface area contributed by atoms with Crippen molar-refractivity contribution in [1.29, 1.82) is 0 Å². The van der Waals surface area contributed by atoms with Crippen LogP contribution in [0.3, 0.4) is 0 Å². The van der Waals surface area contributed by atoms with Crippen molar-refractivity contribution in [3.05, 3.63) is 35.9 Å². The van der Waals surface area contributed by atoms with Crippen molar-refractivity contribution < 1.29 is 9.90 Å². The lowest BCUT2D eigenvalue weighted by Crippen LogP contribution is -2.51. The number of carboxylic acid groups (broad SMARTS) is 1. The zero-order chi connectivity index (χ0) is 13.3. The van der Waals surface area contributed by atoms with E-state index in [1.54, 1.807) is 0 Å². The summed E-state index contributed by atoms with van der Waals surface area (Å²) in [5.74, 6) is -0.660. The molecule has 0 aromatic heterocycles. The first-order chi connectivity index (χ1) is 9.22. The average molecular weight is 259 g/mol. The van der Waals surface area contributed by atoms with Crippen molar-refractivity contribution >= 4 is 5.97 Å². The summed E-state index contributed by atoms with van der Waals surface area (Å²) in [5, 5.41) is 9.72. The number of benzene rings is 1. The van der Waals surface area contributed by atoms with E-state index in [1.165, 1.54) is 19.3 Å². The maximum Gasteiger partial charge on any atom is 0.314 e. The predicted octanol–water partition coefficient (Wildman–Crippen LogP) is 2.66. The van der Waals surface area contributed by atoms with E-state index in [1.807, 2.05) is 30.3 Å². The molecule has 3 heteroatoms. The molecule has 0 unspecified atom stereocenters. The molecule has 1 N–H and O–H groups in total. The number of carboxylic acids is 1. The first kappa shape index (κ1) is 12.7. The summed E-state index contributed by atoms with van der Waals surface area (Å²) < 4.78 is 0. The van der Waals surface area contributed by atoms with Crippen LogP contribution in [-0.2, 0) is 10.2 Å². The summed E-state index contributed by atoms with van der Waals surface area (Å²) in [4.78, 5) is 14.3. The average Bonchev–Trinajstić information content (AvgIpc) is 2.38. The van der Waals surface area contributed by atoms with Crippen molar-refractivity contribution in [2.24, 2.45) is 0 Å². The number of likely N-dealkylation sites (tertiary alicyclic amines) is 1. The predicted molar refractivity (Wildman–Crippen MR) is 74.2 cm³/mol. The molecule has 102 valence electrons. The van der Waals surface area contributed by atoms with Crippen LogP contribution in [-0.4, -0.2) is 35.1 Å². The minimum atomic E-state index is -0.665. The Morgan fingerprint density at radius 3 is 2.26 bits per heavy atom. The molecule has 3 rings (SSSR count). The molecule has 0 radical (unpaired) electrons. The number of aliphatic carboxylic acids is 1. The van der Waals surface area contributed by atoms with Crippen molar-refractivity contribution in [1.82, 2.24) is 4.90 Å². The van der Waals surface area contributed by atoms with Gasteiger partial charge in [-0.2, -0.15) is 0 Å². The highest BCUT2D eigenvalue weighted by Gasteiger charge is 2.44. The lowest BCUT2D eigenvalue weighted by Gasteiger charge is -2.45. The van der Waals surface area contributed by atoms with Gasteiger partial charge in [-0.05, 0) is 44.3 Å². The summed E-state index contributed by atoms with van der Waals surface area (Å²) in [6.45, 7) is 1.84. The fourth-order valence-electron chi connectivity index (χ4n) is 3.41. The summed E-state index contributed by atoms with van der Waals surface area (Å²) in [6, 6.07) is 10.5. The maximum absolute atomic E-state index is 11.8. The zero-order valence-electron chi connectivity index (χ0n) is 11.2. The third-order valence-corrected chi connectivity index (χ3v) is 4.98. The van der Waals surface area contributed by atoms with Crippen LogP contribution in [0, 0.1) is 0 Å². The van der Waals surface area contributed by atoms with Gasteiger partial charge in [0.15, 0.2) is 0 Å². The number of hydrogen-bond acceptors (Lipinski definition) is 2. The smallest absolute Gasteiger partial charge is 0.314 e. The van der Waals surface area contributed by atoms with Crippen molar-refractivity contribution in [2.45, 2.75) is 43.6 Å². The summed E-state index contributed by atoms with van der Waals surface area (Å²) in [5.41, 5.74) is 0.303. The molecule has 0 amide bonds. The molecule has 1 aliphatic heterocycles. The molecule has 1 aromatic rings. The van der Waals surface area contributed by atoms with E-state index in [4.69, 9.17) is 0 Å². The Morgan fingerprint density at radius 2 is 1.79 bits per heavy atom. The second kappa shape index (κ2) is 4.97. The Hall–Kier alpha value is -1.35. The van der Waals surface area contributed by atoms with Gasteiger partial charge in [0.1, 0.15) is 0 Å². The zero-order valence-corrected chi connectivity index (χ0v) is 11.2. The van der Waals surface area contributed by atoms with Crippen LogP contribution in [0.2, 0.25) is 0 Å². The molecule has 1 heterocycles. The van der Waals surface area contributed by atoms with Gasteiger partial charge in [0, 0.05) is 6.04 Å². The SMILES string of the molecule is O=C(O)C1(c2ccccc2)CCN(C2CCC2)CC1. The topological polar surface area (TPSA) is 40.5 Å². The lowest BCUT2D eigenvalue weighted by atomic mass is 9.72. The Labute approximate surface area is 114 Å². The van der Waals surface area contributed by atoms with Gasteiger partial charge in [0.2, 0.25) is 0 Å². The van der Waals surface area contributed by atoms with Gasteiger partial charge in [-0.1, -0.05) is 36.8 Å². The Kier molecular flexibility index (Phi) is 3.31. The van der Waals surface area contributed by atoms with Crippen molar-refractivity contribution in [2.75, 3.05) is 13.1 Å². The fourth-order valence-corrected chi connectivity index (χ4v) is 3.41. The van der Waals surface area contributed by atoms with Crippen LogP contribution in [0.1, 0.15) is 37.7 Å². The number of piperidine rings is 1. The molecule has 0 bridgehead atoms. The van der Waals surface area contributed by atoms with E-state index in [9.17, 15) is 9.90 Å². The van der Waals surface area contributed by atoms with Crippen LogP contribution in [0.25, 0.3) is 0 Å². The van der Waals surface area contributed by atoms with Crippen LogP contribution in [0.4, 0.5) is 0 Å². The third-order valence-electron chi connectivity index (χ3n) is 4.98. The van der Waals surface area contributed by atoms with E-state index < -0.39 is 11.4 Å². The molecule has 19 heavy (non-hydrogen) atoms. The minimum absolute atomic E-state index is 0.660. The number of hydrogen-bond donors (Lipinski definition) is 1. The molecule has 0 spiro atoms. The molecule has 1 saturated heterocycles. The Morgan fingerprint density at radius 1 is 1.16 bits per heavy atom. The largest absolute Gasteiger partial charge is 0.481 e. The molecule has 2 aliphatic rings. The molecule has 1 aliphatic carbocycles. The Bertz CT molecular complexity index is 445. The summed E-state index contributed by atoms with van der Waals surface area (Å²) in [7, 11) is 0. The van der Waals surface area contributed by atoms with Crippen LogP contribution in [0.5, 0.6) is 0 Å². The van der Waals surface area contributed by atoms with Crippen LogP contribution < -0.4 is 0 Å². The second-order valence-electron chi connectivity index (χ2n) is 5.87. The van der Waals surface area contributed by atoms with Gasteiger partial charge in [-0.15, -0.1) is 0 Å². The fraction of sp³-hybridized carbons (Fsp3) is 0.562. The standard InChI is InChI=1S/C16H21NO2/c18-15(19)16(13-5-2-1-3-6-13)9-11-17(12-10-16)14-7-4-8-14/h1-3,5-6,14H,4,7-12H2,(H,18,19). The van der Waals surface area contributed by atoms with Crippen LogP contribution in [0.15, 0.2) is 30.3 Å². The van der Waals surface area contributed by atoms with Crippen LogP contribution >= 0.6 is 0 Å². The van der Waals surface area contributed by atoms with E-state index in [2.05, 4.69) is 4.90 Å². The van der Waals surface area contributed by atoms with Crippen molar-refractivity contribution in [3.63, 3.8) is 0 Å². The van der Waals surface area contributed by atoms with Gasteiger partial charge < -0.3 is 10.0 Å². The van der Waals surface area contributed by atoms with Gasteiger partial charge in [-0.3, -0.25) is 4.79 Å². The second-order valence-corrected chi connectivity index (χ2v) is 5.87. The van der Waals surface area contributed by atoms with E-state index in [-0.39, 0.29) is 0 Å². The Balaban J connectivity index is 1.78. The van der Waals surface area contributed by atoms with Gasteiger partial charge in [-0.25, -0.2) is 0 Å². The minimum Gasteiger partial charge on any atom is -0.481 e. The number of carbonyl (C=O) groups is 1. The molecule has 0 atom stereocenters. The highest BCUT2D eigenvalue weighted by atomic mass is 16.4. The van der Waals surface area contributed by atoms with E-state index in [0.29, 0.717) is 0 Å². The molecule has 3 nitrogen and oxygen atoms in total. The summed E-state index contributed by atoms with van der Waals surface area (Å²) in [6.07, 6.45) is 5.41. The highest BCUT2D eigenvalue weighted by molar-refractivity contribution is 5.81. The maximum atomic E-state index is 11.8. The normalized spacial score (nSPS) is 23.8. The quantitative estimate of drug-likeness (QED) is 0.907. The van der Waals surface area contributed by atoms with E-state index >= 15 is 0 Å². The highest BCUT2D eigenvalue weighted by Crippen LogP contribution is 2.38. The summed E-state index contributed by atoms with van der Waals surface area (Å²) >= 11 is 0. The molecule has 1 saturated carbocycles. The number of nitrogens with zero attached hydrogens (tertiary/aromatic N) is 1.